The molecule has 0 saturated heterocycles. The molecule has 1 aromatic heterocycles. The summed E-state index contributed by atoms with van der Waals surface area (Å²) >= 11 is 0. The fraction of sp³-hybridized carbons (Fsp3) is 0.636. The first-order valence-electron chi connectivity index (χ1n) is 5.52. The summed E-state index contributed by atoms with van der Waals surface area (Å²) in [5.74, 6) is -0.134. The third kappa shape index (κ3) is 2.41. The summed E-state index contributed by atoms with van der Waals surface area (Å²) in [6.45, 7) is 0.836. The van der Waals surface area contributed by atoms with Crippen LogP contribution in [0.15, 0.2) is 12.5 Å². The third-order valence-electron chi connectivity index (χ3n) is 3.16. The van der Waals surface area contributed by atoms with Gasteiger partial charge in [0.05, 0.1) is 6.33 Å². The minimum Gasteiger partial charge on any atom is -0.396 e. The molecule has 1 amide bonds. The van der Waals surface area contributed by atoms with Gasteiger partial charge in [-0.2, -0.15) is 0 Å². The standard InChI is InChI=1S/C11H17N3O2/c1-14-6-9(13-8-14)10(16)12-7-11(2-3-11)4-5-15/h6,8,15H,2-5,7H2,1H3,(H,12,16). The molecule has 2 N–H and O–H groups in total. The van der Waals surface area contributed by atoms with Gasteiger partial charge < -0.3 is 15.0 Å². The van der Waals surface area contributed by atoms with Gasteiger partial charge in [-0.15, -0.1) is 0 Å². The lowest BCUT2D eigenvalue weighted by Gasteiger charge is -2.13. The predicted molar refractivity (Wildman–Crippen MR) is 58.9 cm³/mol. The van der Waals surface area contributed by atoms with E-state index in [1.807, 2.05) is 7.05 Å². The number of aliphatic hydroxyl groups excluding tert-OH is 1. The molecular formula is C11H17N3O2. The lowest BCUT2D eigenvalue weighted by atomic mass is 10.0. The highest BCUT2D eigenvalue weighted by Gasteiger charge is 2.41. The van der Waals surface area contributed by atoms with Crippen LogP contribution in [0.25, 0.3) is 0 Å². The second-order valence-electron chi connectivity index (χ2n) is 4.58. The number of nitrogens with zero attached hydrogens (tertiary/aromatic N) is 2. The molecule has 0 atom stereocenters. The predicted octanol–water partition coefficient (Wildman–Crippen LogP) is 0.312. The number of amides is 1. The van der Waals surface area contributed by atoms with E-state index in [9.17, 15) is 4.79 Å². The molecule has 1 aliphatic rings. The van der Waals surface area contributed by atoms with Gasteiger partial charge in [-0.1, -0.05) is 0 Å². The van der Waals surface area contributed by atoms with Crippen LogP contribution in [-0.2, 0) is 7.05 Å². The minimum absolute atomic E-state index is 0.134. The van der Waals surface area contributed by atoms with E-state index < -0.39 is 0 Å². The molecule has 1 aliphatic carbocycles. The molecule has 0 spiro atoms. The van der Waals surface area contributed by atoms with Crippen molar-refractivity contribution in [3.8, 4) is 0 Å². The van der Waals surface area contributed by atoms with E-state index in [1.165, 1.54) is 0 Å². The first kappa shape index (κ1) is 11.1. The van der Waals surface area contributed by atoms with Crippen LogP contribution in [0, 0.1) is 5.41 Å². The Morgan fingerprint density at radius 3 is 2.94 bits per heavy atom. The zero-order chi connectivity index (χ0) is 11.6. The summed E-state index contributed by atoms with van der Waals surface area (Å²) in [6, 6.07) is 0. The lowest BCUT2D eigenvalue weighted by Crippen LogP contribution is -2.30. The Morgan fingerprint density at radius 1 is 1.69 bits per heavy atom. The zero-order valence-corrected chi connectivity index (χ0v) is 9.44. The summed E-state index contributed by atoms with van der Waals surface area (Å²) in [6.07, 6.45) is 6.26. The van der Waals surface area contributed by atoms with Crippen LogP contribution in [0.3, 0.4) is 0 Å². The maximum absolute atomic E-state index is 11.7. The Hall–Kier alpha value is -1.36. The molecule has 0 unspecified atom stereocenters. The normalized spacial score (nSPS) is 17.1. The van der Waals surface area contributed by atoms with Crippen molar-refractivity contribution in [3.63, 3.8) is 0 Å². The Kier molecular flexibility index (Phi) is 2.96. The maximum Gasteiger partial charge on any atom is 0.271 e. The maximum atomic E-state index is 11.7. The molecule has 88 valence electrons. The Morgan fingerprint density at radius 2 is 2.44 bits per heavy atom. The van der Waals surface area contributed by atoms with Crippen LogP contribution in [0.5, 0.6) is 0 Å². The largest absolute Gasteiger partial charge is 0.396 e. The second-order valence-corrected chi connectivity index (χ2v) is 4.58. The third-order valence-corrected chi connectivity index (χ3v) is 3.16. The molecule has 1 saturated carbocycles. The van der Waals surface area contributed by atoms with Crippen LogP contribution in [0.2, 0.25) is 0 Å². The Balaban J connectivity index is 1.84. The molecule has 1 aromatic rings. The molecule has 5 nitrogen and oxygen atoms in total. The first-order valence-corrected chi connectivity index (χ1v) is 5.52. The van der Waals surface area contributed by atoms with E-state index in [4.69, 9.17) is 5.11 Å². The number of aliphatic hydroxyl groups is 1. The van der Waals surface area contributed by atoms with Gasteiger partial charge in [0.25, 0.3) is 5.91 Å². The van der Waals surface area contributed by atoms with E-state index >= 15 is 0 Å². The van der Waals surface area contributed by atoms with Crippen LogP contribution >= 0.6 is 0 Å². The highest BCUT2D eigenvalue weighted by atomic mass is 16.3. The van der Waals surface area contributed by atoms with E-state index in [0.717, 1.165) is 19.3 Å². The van der Waals surface area contributed by atoms with Gasteiger partial charge in [0, 0.05) is 26.4 Å². The molecule has 2 rings (SSSR count). The summed E-state index contributed by atoms with van der Waals surface area (Å²) < 4.78 is 1.75. The van der Waals surface area contributed by atoms with Gasteiger partial charge in [0.15, 0.2) is 0 Å². The van der Waals surface area contributed by atoms with E-state index in [2.05, 4.69) is 10.3 Å². The van der Waals surface area contributed by atoms with Crippen LogP contribution in [0.1, 0.15) is 29.8 Å². The number of nitrogens with one attached hydrogen (secondary N) is 1. The van der Waals surface area contributed by atoms with Crippen LogP contribution in [-0.4, -0.2) is 33.7 Å². The van der Waals surface area contributed by atoms with Crippen molar-refractivity contribution in [2.24, 2.45) is 12.5 Å². The molecule has 0 bridgehead atoms. The van der Waals surface area contributed by atoms with Gasteiger partial charge in [-0.05, 0) is 24.7 Å². The van der Waals surface area contributed by atoms with E-state index in [-0.39, 0.29) is 17.9 Å². The Labute approximate surface area is 94.5 Å². The number of hydrogen-bond acceptors (Lipinski definition) is 3. The first-order chi connectivity index (χ1) is 7.65. The minimum atomic E-state index is -0.134. The molecule has 16 heavy (non-hydrogen) atoms. The van der Waals surface area contributed by atoms with E-state index in [1.54, 1.807) is 17.1 Å². The SMILES string of the molecule is Cn1cnc(C(=O)NCC2(CCO)CC2)c1. The smallest absolute Gasteiger partial charge is 0.271 e. The highest BCUT2D eigenvalue weighted by molar-refractivity contribution is 5.92. The van der Waals surface area contributed by atoms with Crippen molar-refractivity contribution >= 4 is 5.91 Å². The topological polar surface area (TPSA) is 67.2 Å². The summed E-state index contributed by atoms with van der Waals surface area (Å²) in [4.78, 5) is 15.7. The summed E-state index contributed by atoms with van der Waals surface area (Å²) in [5.41, 5.74) is 0.599. The van der Waals surface area contributed by atoms with Crippen molar-refractivity contribution in [3.05, 3.63) is 18.2 Å². The molecule has 5 heteroatoms. The number of carbonyl (C=O) groups is 1. The van der Waals surface area contributed by atoms with Crippen molar-refractivity contribution in [2.45, 2.75) is 19.3 Å². The van der Waals surface area contributed by atoms with Crippen molar-refractivity contribution in [2.75, 3.05) is 13.2 Å². The fourth-order valence-corrected chi connectivity index (χ4v) is 1.82. The summed E-state index contributed by atoms with van der Waals surface area (Å²) in [7, 11) is 1.83. The quantitative estimate of drug-likeness (QED) is 0.755. The van der Waals surface area contributed by atoms with Crippen molar-refractivity contribution in [1.29, 1.82) is 0 Å². The van der Waals surface area contributed by atoms with Crippen molar-refractivity contribution < 1.29 is 9.90 Å². The molecule has 1 fully saturated rings. The zero-order valence-electron chi connectivity index (χ0n) is 9.44. The van der Waals surface area contributed by atoms with Gasteiger partial charge in [0.2, 0.25) is 0 Å². The number of aryl methyl sites for hydroxylation is 1. The summed E-state index contributed by atoms with van der Waals surface area (Å²) in [5, 5.41) is 11.8. The van der Waals surface area contributed by atoms with Crippen molar-refractivity contribution in [1.82, 2.24) is 14.9 Å². The number of aromatic nitrogens is 2. The van der Waals surface area contributed by atoms with Gasteiger partial charge in [0.1, 0.15) is 5.69 Å². The highest BCUT2D eigenvalue weighted by Crippen LogP contribution is 2.47. The monoisotopic (exact) mass is 223 g/mol. The molecule has 0 aromatic carbocycles. The number of imidazole rings is 1. The van der Waals surface area contributed by atoms with Gasteiger partial charge in [-0.3, -0.25) is 4.79 Å². The van der Waals surface area contributed by atoms with Crippen LogP contribution in [0.4, 0.5) is 0 Å². The van der Waals surface area contributed by atoms with E-state index in [0.29, 0.717) is 12.2 Å². The van der Waals surface area contributed by atoms with Gasteiger partial charge >= 0.3 is 0 Å². The fourth-order valence-electron chi connectivity index (χ4n) is 1.82. The molecule has 0 aliphatic heterocycles. The van der Waals surface area contributed by atoms with Crippen LogP contribution < -0.4 is 5.32 Å². The Bertz CT molecular complexity index is 382. The van der Waals surface area contributed by atoms with Gasteiger partial charge in [-0.25, -0.2) is 4.98 Å². The molecular weight excluding hydrogens is 206 g/mol. The average molecular weight is 223 g/mol. The second kappa shape index (κ2) is 4.25. The number of hydrogen-bond donors (Lipinski definition) is 2. The number of carbonyl (C=O) groups excluding carboxylic acids is 1. The average Bonchev–Trinajstić information content (AvgIpc) is 2.89. The molecule has 0 radical (unpaired) electrons. The number of rotatable bonds is 5. The molecule has 1 heterocycles. The lowest BCUT2D eigenvalue weighted by molar-refractivity contribution is 0.0936.